The third-order valence-corrected chi connectivity index (χ3v) is 3.54. The van der Waals surface area contributed by atoms with Crippen molar-refractivity contribution in [3.8, 4) is 0 Å². The van der Waals surface area contributed by atoms with Crippen LogP contribution in [0, 0.1) is 6.92 Å². The summed E-state index contributed by atoms with van der Waals surface area (Å²) >= 11 is 0. The Bertz CT molecular complexity index is 558. The number of aromatic nitrogens is 3. The number of aryl methyl sites for hydroxylation is 1. The zero-order valence-electron chi connectivity index (χ0n) is 11.6. The standard InChI is InChI=1S/C14H21N5/c1-10-17-13-11(5-6-16-14(13)18-10)9-19(2)8-7-15-12-3-4-12/h5-6,12,15H,3-4,7-9H2,1-2H3,(H,16,17,18). The molecule has 1 fully saturated rings. The summed E-state index contributed by atoms with van der Waals surface area (Å²) in [4.78, 5) is 14.3. The van der Waals surface area contributed by atoms with Crippen LogP contribution in [0.5, 0.6) is 0 Å². The van der Waals surface area contributed by atoms with E-state index in [1.165, 1.54) is 18.4 Å². The number of aromatic amines is 1. The van der Waals surface area contributed by atoms with Crippen LogP contribution in [0.1, 0.15) is 24.2 Å². The Morgan fingerprint density at radius 2 is 2.32 bits per heavy atom. The zero-order chi connectivity index (χ0) is 13.2. The fourth-order valence-electron chi connectivity index (χ4n) is 2.33. The van der Waals surface area contributed by atoms with E-state index in [-0.39, 0.29) is 0 Å². The topological polar surface area (TPSA) is 56.8 Å². The Hall–Kier alpha value is -1.46. The number of likely N-dealkylation sites (N-methyl/N-ethyl adjacent to an activating group) is 1. The van der Waals surface area contributed by atoms with E-state index < -0.39 is 0 Å². The summed E-state index contributed by atoms with van der Waals surface area (Å²) in [6.45, 7) is 5.02. The van der Waals surface area contributed by atoms with E-state index in [1.54, 1.807) is 0 Å². The van der Waals surface area contributed by atoms with Gasteiger partial charge in [0.15, 0.2) is 5.65 Å². The molecule has 2 aromatic heterocycles. The number of pyridine rings is 1. The first kappa shape index (κ1) is 12.6. The van der Waals surface area contributed by atoms with Gasteiger partial charge in [-0.1, -0.05) is 0 Å². The first-order valence-electron chi connectivity index (χ1n) is 6.94. The molecule has 1 aliphatic rings. The molecule has 0 spiro atoms. The van der Waals surface area contributed by atoms with E-state index in [2.05, 4.69) is 38.3 Å². The summed E-state index contributed by atoms with van der Waals surface area (Å²) in [6.07, 6.45) is 4.54. The number of rotatable bonds is 6. The quantitative estimate of drug-likeness (QED) is 0.824. The average molecular weight is 259 g/mol. The van der Waals surface area contributed by atoms with Crippen molar-refractivity contribution in [2.45, 2.75) is 32.4 Å². The smallest absolute Gasteiger partial charge is 0.177 e. The van der Waals surface area contributed by atoms with Crippen molar-refractivity contribution in [1.29, 1.82) is 0 Å². The van der Waals surface area contributed by atoms with Gasteiger partial charge in [-0.2, -0.15) is 0 Å². The molecular weight excluding hydrogens is 238 g/mol. The highest BCUT2D eigenvalue weighted by Gasteiger charge is 2.19. The zero-order valence-corrected chi connectivity index (χ0v) is 11.6. The summed E-state index contributed by atoms with van der Waals surface area (Å²) < 4.78 is 0. The molecular formula is C14H21N5. The van der Waals surface area contributed by atoms with Crippen LogP contribution < -0.4 is 5.32 Å². The number of hydrogen-bond donors (Lipinski definition) is 2. The van der Waals surface area contributed by atoms with Crippen molar-refractivity contribution < 1.29 is 0 Å². The predicted octanol–water partition coefficient (Wildman–Crippen LogP) is 1.45. The van der Waals surface area contributed by atoms with Gasteiger partial charge in [0.25, 0.3) is 0 Å². The van der Waals surface area contributed by atoms with E-state index >= 15 is 0 Å². The highest BCUT2D eigenvalue weighted by atomic mass is 15.1. The van der Waals surface area contributed by atoms with Crippen molar-refractivity contribution >= 4 is 11.2 Å². The lowest BCUT2D eigenvalue weighted by Gasteiger charge is -2.17. The van der Waals surface area contributed by atoms with Gasteiger partial charge in [0, 0.05) is 31.9 Å². The number of hydrogen-bond acceptors (Lipinski definition) is 4. The maximum absolute atomic E-state index is 4.38. The second-order valence-electron chi connectivity index (χ2n) is 5.46. The molecule has 3 rings (SSSR count). The number of imidazole rings is 1. The number of H-pyrrole nitrogens is 1. The highest BCUT2D eigenvalue weighted by molar-refractivity contribution is 5.74. The maximum Gasteiger partial charge on any atom is 0.177 e. The molecule has 2 aromatic rings. The first-order chi connectivity index (χ1) is 9.22. The van der Waals surface area contributed by atoms with Gasteiger partial charge in [-0.15, -0.1) is 0 Å². The van der Waals surface area contributed by atoms with E-state index in [9.17, 15) is 0 Å². The molecule has 0 unspecified atom stereocenters. The van der Waals surface area contributed by atoms with Crippen molar-refractivity contribution in [2.24, 2.45) is 0 Å². The van der Waals surface area contributed by atoms with Crippen LogP contribution in [0.15, 0.2) is 12.3 Å². The van der Waals surface area contributed by atoms with Gasteiger partial charge in [-0.3, -0.25) is 0 Å². The molecule has 19 heavy (non-hydrogen) atoms. The minimum Gasteiger partial charge on any atom is -0.341 e. The SMILES string of the molecule is Cc1nc2nccc(CN(C)CCNC3CC3)c2[nH]1. The van der Waals surface area contributed by atoms with Crippen LogP contribution >= 0.6 is 0 Å². The summed E-state index contributed by atoms with van der Waals surface area (Å²) in [5.74, 6) is 0.924. The molecule has 5 nitrogen and oxygen atoms in total. The summed E-state index contributed by atoms with van der Waals surface area (Å²) in [5.41, 5.74) is 3.15. The first-order valence-corrected chi connectivity index (χ1v) is 6.94. The van der Waals surface area contributed by atoms with Crippen molar-refractivity contribution in [3.63, 3.8) is 0 Å². The van der Waals surface area contributed by atoms with E-state index in [4.69, 9.17) is 0 Å². The molecule has 0 amide bonds. The molecule has 0 radical (unpaired) electrons. The summed E-state index contributed by atoms with van der Waals surface area (Å²) in [7, 11) is 2.16. The lowest BCUT2D eigenvalue weighted by molar-refractivity contribution is 0.325. The molecule has 0 aromatic carbocycles. The van der Waals surface area contributed by atoms with Crippen molar-refractivity contribution in [1.82, 2.24) is 25.2 Å². The van der Waals surface area contributed by atoms with Gasteiger partial charge in [0.05, 0.1) is 5.52 Å². The molecule has 102 valence electrons. The predicted molar refractivity (Wildman–Crippen MR) is 76.0 cm³/mol. The molecule has 0 atom stereocenters. The van der Waals surface area contributed by atoms with E-state index in [1.807, 2.05) is 13.1 Å². The molecule has 1 saturated carbocycles. The van der Waals surface area contributed by atoms with Crippen LogP contribution in [-0.2, 0) is 6.54 Å². The van der Waals surface area contributed by atoms with Gasteiger partial charge >= 0.3 is 0 Å². The van der Waals surface area contributed by atoms with Gasteiger partial charge in [0.1, 0.15) is 5.82 Å². The van der Waals surface area contributed by atoms with E-state index in [0.29, 0.717) is 0 Å². The third-order valence-electron chi connectivity index (χ3n) is 3.54. The Morgan fingerprint density at radius 1 is 1.47 bits per heavy atom. The summed E-state index contributed by atoms with van der Waals surface area (Å²) in [6, 6.07) is 2.86. The molecule has 0 aliphatic heterocycles. The van der Waals surface area contributed by atoms with Crippen molar-refractivity contribution in [3.05, 3.63) is 23.7 Å². The minimum atomic E-state index is 0.788. The van der Waals surface area contributed by atoms with Crippen LogP contribution in [0.4, 0.5) is 0 Å². The van der Waals surface area contributed by atoms with Crippen LogP contribution in [0.25, 0.3) is 11.2 Å². The molecule has 5 heteroatoms. The largest absolute Gasteiger partial charge is 0.341 e. The number of nitrogens with zero attached hydrogens (tertiary/aromatic N) is 3. The van der Waals surface area contributed by atoms with E-state index in [0.717, 1.165) is 42.7 Å². The summed E-state index contributed by atoms with van der Waals surface area (Å²) in [5, 5.41) is 3.54. The molecule has 0 bridgehead atoms. The Balaban J connectivity index is 1.62. The fraction of sp³-hybridized carbons (Fsp3) is 0.571. The molecule has 1 aliphatic carbocycles. The Kier molecular flexibility index (Phi) is 3.48. The fourth-order valence-corrected chi connectivity index (χ4v) is 2.33. The van der Waals surface area contributed by atoms with Crippen LogP contribution in [-0.4, -0.2) is 46.0 Å². The number of nitrogens with one attached hydrogen (secondary N) is 2. The molecule has 0 saturated heterocycles. The third kappa shape index (κ3) is 3.11. The Morgan fingerprint density at radius 3 is 3.11 bits per heavy atom. The van der Waals surface area contributed by atoms with Crippen molar-refractivity contribution in [2.75, 3.05) is 20.1 Å². The number of fused-ring (bicyclic) bond motifs is 1. The molecule has 2 heterocycles. The second-order valence-corrected chi connectivity index (χ2v) is 5.46. The van der Waals surface area contributed by atoms with Gasteiger partial charge in [-0.05, 0) is 38.4 Å². The van der Waals surface area contributed by atoms with Gasteiger partial charge < -0.3 is 15.2 Å². The second kappa shape index (κ2) is 5.27. The molecule has 2 N–H and O–H groups in total. The van der Waals surface area contributed by atoms with Crippen LogP contribution in [0.3, 0.4) is 0 Å². The minimum absolute atomic E-state index is 0.788. The lowest BCUT2D eigenvalue weighted by atomic mass is 10.2. The van der Waals surface area contributed by atoms with Crippen LogP contribution in [0.2, 0.25) is 0 Å². The highest BCUT2D eigenvalue weighted by Crippen LogP contribution is 2.18. The monoisotopic (exact) mass is 259 g/mol. The van der Waals surface area contributed by atoms with Gasteiger partial charge in [0.2, 0.25) is 0 Å². The lowest BCUT2D eigenvalue weighted by Crippen LogP contribution is -2.30. The Labute approximate surface area is 113 Å². The normalized spacial score (nSPS) is 15.5. The maximum atomic E-state index is 4.38. The van der Waals surface area contributed by atoms with Gasteiger partial charge in [-0.25, -0.2) is 9.97 Å². The average Bonchev–Trinajstić information content (AvgIpc) is 3.10.